The number of hydrogen-bond donors (Lipinski definition) is 2. The molecule has 7 heteroatoms. The van der Waals surface area contributed by atoms with E-state index in [9.17, 15) is 9.59 Å². The molecular formula is C19H22ClN3O3. The zero-order chi connectivity index (χ0) is 17.8. The number of benzene rings is 2. The summed E-state index contributed by atoms with van der Waals surface area (Å²) < 4.78 is 5.57. The number of carbonyl (C=O) groups excluding carboxylic acids is 2. The summed E-state index contributed by atoms with van der Waals surface area (Å²) in [6.45, 7) is 1.91. The Balaban J connectivity index is 0.00000243. The molecule has 0 bridgehead atoms. The lowest BCUT2D eigenvalue weighted by Crippen LogP contribution is -2.49. The van der Waals surface area contributed by atoms with E-state index in [0.29, 0.717) is 18.0 Å². The van der Waals surface area contributed by atoms with Gasteiger partial charge in [0.05, 0.1) is 5.69 Å². The standard InChI is InChI=1S/C19H21N3O3.ClH/c1-13-19(24)22(16-9-5-6-10-17(16)25-13)12-18(23)21-11-15(20)14-7-3-2-4-8-14;/h2-10,13,15H,11-12,20H2,1H3,(H,21,23);1H. The maximum atomic E-state index is 12.4. The smallest absolute Gasteiger partial charge is 0.268 e. The summed E-state index contributed by atoms with van der Waals surface area (Å²) >= 11 is 0. The first kappa shape index (κ1) is 19.8. The van der Waals surface area contributed by atoms with Crippen LogP contribution in [-0.2, 0) is 9.59 Å². The summed E-state index contributed by atoms with van der Waals surface area (Å²) in [4.78, 5) is 26.1. The fourth-order valence-corrected chi connectivity index (χ4v) is 2.76. The minimum Gasteiger partial charge on any atom is -0.479 e. The largest absolute Gasteiger partial charge is 0.479 e. The molecule has 0 saturated carbocycles. The molecule has 6 nitrogen and oxygen atoms in total. The van der Waals surface area contributed by atoms with Crippen LogP contribution in [0.2, 0.25) is 0 Å². The zero-order valence-corrected chi connectivity index (χ0v) is 15.2. The van der Waals surface area contributed by atoms with Crippen LogP contribution in [0.3, 0.4) is 0 Å². The molecule has 3 N–H and O–H groups in total. The topological polar surface area (TPSA) is 84.7 Å². The lowest BCUT2D eigenvalue weighted by atomic mass is 10.1. The summed E-state index contributed by atoms with van der Waals surface area (Å²) in [6, 6.07) is 16.5. The summed E-state index contributed by atoms with van der Waals surface area (Å²) in [6.07, 6.45) is -0.616. The number of nitrogens with two attached hydrogens (primary N) is 1. The highest BCUT2D eigenvalue weighted by Crippen LogP contribution is 2.33. The molecule has 1 heterocycles. The van der Waals surface area contributed by atoms with E-state index in [1.54, 1.807) is 19.1 Å². The van der Waals surface area contributed by atoms with Crippen LogP contribution < -0.4 is 20.7 Å². The highest BCUT2D eigenvalue weighted by Gasteiger charge is 2.32. The third-order valence-corrected chi connectivity index (χ3v) is 4.12. The molecule has 2 atom stereocenters. The fourth-order valence-electron chi connectivity index (χ4n) is 2.76. The van der Waals surface area contributed by atoms with Gasteiger partial charge in [-0.1, -0.05) is 42.5 Å². The Bertz CT molecular complexity index is 770. The first-order valence-corrected chi connectivity index (χ1v) is 8.20. The Labute approximate surface area is 158 Å². The SMILES string of the molecule is CC1Oc2ccccc2N(CC(=O)NCC(N)c2ccccc2)C1=O.Cl. The van der Waals surface area contributed by atoms with E-state index in [-0.39, 0.29) is 36.8 Å². The van der Waals surface area contributed by atoms with Crippen LogP contribution in [0.25, 0.3) is 0 Å². The Morgan fingerprint density at radius 3 is 2.58 bits per heavy atom. The van der Waals surface area contributed by atoms with E-state index in [2.05, 4.69) is 5.32 Å². The second kappa shape index (κ2) is 8.69. The van der Waals surface area contributed by atoms with Crippen molar-refractivity contribution in [3.8, 4) is 5.75 Å². The average Bonchev–Trinajstić information content (AvgIpc) is 2.64. The van der Waals surface area contributed by atoms with Gasteiger partial charge >= 0.3 is 0 Å². The molecule has 138 valence electrons. The molecule has 2 aromatic rings. The quantitative estimate of drug-likeness (QED) is 0.837. The van der Waals surface area contributed by atoms with Gasteiger partial charge < -0.3 is 15.8 Å². The van der Waals surface area contributed by atoms with E-state index in [1.807, 2.05) is 42.5 Å². The van der Waals surface area contributed by atoms with Gasteiger partial charge in [0.1, 0.15) is 12.3 Å². The van der Waals surface area contributed by atoms with Gasteiger partial charge in [-0.2, -0.15) is 0 Å². The van der Waals surface area contributed by atoms with E-state index in [0.717, 1.165) is 5.56 Å². The van der Waals surface area contributed by atoms with Crippen molar-refractivity contribution in [2.45, 2.75) is 19.1 Å². The Morgan fingerprint density at radius 1 is 1.19 bits per heavy atom. The maximum absolute atomic E-state index is 12.4. The van der Waals surface area contributed by atoms with Crippen molar-refractivity contribution in [3.63, 3.8) is 0 Å². The predicted molar refractivity (Wildman–Crippen MR) is 103 cm³/mol. The molecular weight excluding hydrogens is 354 g/mol. The number of halogens is 1. The number of fused-ring (bicyclic) bond motifs is 1. The lowest BCUT2D eigenvalue weighted by Gasteiger charge is -2.32. The molecule has 1 aliphatic rings. The molecule has 26 heavy (non-hydrogen) atoms. The minimum absolute atomic E-state index is 0. The minimum atomic E-state index is -0.616. The van der Waals surface area contributed by atoms with Gasteiger partial charge in [-0.15, -0.1) is 12.4 Å². The van der Waals surface area contributed by atoms with Gasteiger partial charge in [0.2, 0.25) is 5.91 Å². The van der Waals surface area contributed by atoms with Crippen molar-refractivity contribution in [1.82, 2.24) is 5.32 Å². The van der Waals surface area contributed by atoms with Crippen molar-refractivity contribution >= 4 is 29.9 Å². The molecule has 0 spiro atoms. The first-order chi connectivity index (χ1) is 12.1. The van der Waals surface area contributed by atoms with Gasteiger partial charge in [-0.25, -0.2) is 0 Å². The molecule has 0 aliphatic carbocycles. The second-order valence-corrected chi connectivity index (χ2v) is 5.97. The average molecular weight is 376 g/mol. The van der Waals surface area contributed by atoms with Crippen LogP contribution in [0.15, 0.2) is 54.6 Å². The summed E-state index contributed by atoms with van der Waals surface area (Å²) in [5.74, 6) is 0.105. The monoisotopic (exact) mass is 375 g/mol. The van der Waals surface area contributed by atoms with Crippen LogP contribution in [-0.4, -0.2) is 31.0 Å². The highest BCUT2D eigenvalue weighted by molar-refractivity contribution is 6.03. The third kappa shape index (κ3) is 4.33. The number of ether oxygens (including phenoxy) is 1. The molecule has 2 aromatic carbocycles. The number of carbonyl (C=O) groups is 2. The second-order valence-electron chi connectivity index (χ2n) is 5.97. The van der Waals surface area contributed by atoms with Crippen LogP contribution in [0.5, 0.6) is 5.75 Å². The van der Waals surface area contributed by atoms with Gasteiger partial charge in [0, 0.05) is 12.6 Å². The van der Waals surface area contributed by atoms with Crippen molar-refractivity contribution in [2.75, 3.05) is 18.0 Å². The number of nitrogens with one attached hydrogen (secondary N) is 1. The van der Waals surface area contributed by atoms with Crippen molar-refractivity contribution < 1.29 is 14.3 Å². The number of hydrogen-bond acceptors (Lipinski definition) is 4. The van der Waals surface area contributed by atoms with Gasteiger partial charge in [-0.05, 0) is 24.6 Å². The van der Waals surface area contributed by atoms with Crippen molar-refractivity contribution in [1.29, 1.82) is 0 Å². The molecule has 0 fully saturated rings. The molecule has 0 radical (unpaired) electrons. The normalized spacial score (nSPS) is 16.8. The van der Waals surface area contributed by atoms with Crippen molar-refractivity contribution in [3.05, 3.63) is 60.2 Å². The summed E-state index contributed by atoms with van der Waals surface area (Å²) in [5.41, 5.74) is 7.64. The van der Waals surface area contributed by atoms with Crippen LogP contribution in [0, 0.1) is 0 Å². The summed E-state index contributed by atoms with van der Waals surface area (Å²) in [7, 11) is 0. The van der Waals surface area contributed by atoms with Crippen LogP contribution in [0.1, 0.15) is 18.5 Å². The Kier molecular flexibility index (Phi) is 6.60. The molecule has 2 amide bonds. The fraction of sp³-hybridized carbons (Fsp3) is 0.263. The Hall–Kier alpha value is -2.57. The third-order valence-electron chi connectivity index (χ3n) is 4.12. The highest BCUT2D eigenvalue weighted by atomic mass is 35.5. The Morgan fingerprint density at radius 2 is 1.85 bits per heavy atom. The number of amides is 2. The van der Waals surface area contributed by atoms with E-state index in [4.69, 9.17) is 10.5 Å². The van der Waals surface area contributed by atoms with Crippen LogP contribution >= 0.6 is 12.4 Å². The molecule has 0 saturated heterocycles. The first-order valence-electron chi connectivity index (χ1n) is 8.20. The van der Waals surface area contributed by atoms with Crippen molar-refractivity contribution in [2.24, 2.45) is 5.73 Å². The number of para-hydroxylation sites is 2. The summed E-state index contributed by atoms with van der Waals surface area (Å²) in [5, 5.41) is 2.80. The van der Waals surface area contributed by atoms with E-state index >= 15 is 0 Å². The molecule has 3 rings (SSSR count). The van der Waals surface area contributed by atoms with E-state index < -0.39 is 6.10 Å². The van der Waals surface area contributed by atoms with Gasteiger partial charge in [-0.3, -0.25) is 14.5 Å². The lowest BCUT2D eigenvalue weighted by molar-refractivity contribution is -0.128. The number of rotatable bonds is 5. The zero-order valence-electron chi connectivity index (χ0n) is 14.4. The van der Waals surface area contributed by atoms with Crippen LogP contribution in [0.4, 0.5) is 5.69 Å². The molecule has 1 aliphatic heterocycles. The van der Waals surface area contributed by atoms with Gasteiger partial charge in [0.25, 0.3) is 5.91 Å². The maximum Gasteiger partial charge on any atom is 0.268 e. The molecule has 2 unspecified atom stereocenters. The van der Waals surface area contributed by atoms with E-state index in [1.165, 1.54) is 4.90 Å². The molecule has 0 aromatic heterocycles. The van der Waals surface area contributed by atoms with Gasteiger partial charge in [0.15, 0.2) is 6.10 Å². The number of anilines is 1. The number of nitrogens with zero attached hydrogens (tertiary/aromatic N) is 1. The predicted octanol–water partition coefficient (Wildman–Crippen LogP) is 2.04.